The Morgan fingerprint density at radius 1 is 1.19 bits per heavy atom. The molecule has 2 aromatic carbocycles. The lowest BCUT2D eigenvalue weighted by Gasteiger charge is -2.14. The third-order valence-electron chi connectivity index (χ3n) is 3.55. The van der Waals surface area contributed by atoms with Crippen molar-refractivity contribution < 1.29 is 9.18 Å². The zero-order chi connectivity index (χ0) is 14.8. The summed E-state index contributed by atoms with van der Waals surface area (Å²) in [5.41, 5.74) is 2.31. The smallest absolute Gasteiger partial charge is 0.251 e. The number of carbonyl (C=O) groups excluding carboxylic acids is 1. The molecule has 0 saturated carbocycles. The Morgan fingerprint density at radius 3 is 2.81 bits per heavy atom. The first-order valence-electron chi connectivity index (χ1n) is 6.68. The lowest BCUT2D eigenvalue weighted by molar-refractivity contribution is -0.114. The van der Waals surface area contributed by atoms with Crippen LogP contribution in [0.3, 0.4) is 0 Å². The van der Waals surface area contributed by atoms with E-state index in [9.17, 15) is 9.18 Å². The van der Waals surface area contributed by atoms with Gasteiger partial charge in [0.05, 0.1) is 5.02 Å². The minimum absolute atomic E-state index is 0.167. The predicted molar refractivity (Wildman–Crippen MR) is 82.9 cm³/mol. The SMILES string of the molecule is O=C(/C=C/c1c(F)cccc1Cl)N1CCc2ccccc21. The average molecular weight is 302 g/mol. The zero-order valence-corrected chi connectivity index (χ0v) is 12.0. The summed E-state index contributed by atoms with van der Waals surface area (Å²) in [5.74, 6) is -0.604. The molecule has 2 nitrogen and oxygen atoms in total. The second-order valence-electron chi connectivity index (χ2n) is 4.84. The van der Waals surface area contributed by atoms with Crippen LogP contribution in [0.1, 0.15) is 11.1 Å². The minimum Gasteiger partial charge on any atom is -0.308 e. The van der Waals surface area contributed by atoms with Crippen LogP contribution in [0.4, 0.5) is 10.1 Å². The number of hydrogen-bond acceptors (Lipinski definition) is 1. The van der Waals surface area contributed by atoms with Crippen molar-refractivity contribution in [2.75, 3.05) is 11.4 Å². The summed E-state index contributed by atoms with van der Waals surface area (Å²) < 4.78 is 13.7. The topological polar surface area (TPSA) is 20.3 Å². The van der Waals surface area contributed by atoms with Crippen molar-refractivity contribution in [2.24, 2.45) is 0 Å². The van der Waals surface area contributed by atoms with Crippen molar-refractivity contribution in [2.45, 2.75) is 6.42 Å². The van der Waals surface area contributed by atoms with Gasteiger partial charge in [0.1, 0.15) is 5.82 Å². The van der Waals surface area contributed by atoms with Crippen molar-refractivity contribution in [3.63, 3.8) is 0 Å². The van der Waals surface area contributed by atoms with Gasteiger partial charge in [-0.05, 0) is 36.3 Å². The molecule has 4 heteroatoms. The quantitative estimate of drug-likeness (QED) is 0.765. The molecule has 1 aliphatic heterocycles. The van der Waals surface area contributed by atoms with Crippen LogP contribution in [0.15, 0.2) is 48.5 Å². The van der Waals surface area contributed by atoms with Crippen molar-refractivity contribution in [1.29, 1.82) is 0 Å². The van der Waals surface area contributed by atoms with E-state index in [1.54, 1.807) is 11.0 Å². The standard InChI is InChI=1S/C17H13ClFNO/c18-14-5-3-6-15(19)13(14)8-9-17(21)20-11-10-12-4-1-2-7-16(12)20/h1-9H,10-11H2/b9-8+. The van der Waals surface area contributed by atoms with E-state index in [-0.39, 0.29) is 11.5 Å². The number of carbonyl (C=O) groups is 1. The summed E-state index contributed by atoms with van der Waals surface area (Å²) in [6.45, 7) is 0.646. The molecule has 1 aliphatic rings. The molecule has 0 unspecified atom stereocenters. The third-order valence-corrected chi connectivity index (χ3v) is 3.88. The van der Waals surface area contributed by atoms with Crippen LogP contribution < -0.4 is 4.90 Å². The first kappa shape index (κ1) is 13.8. The molecule has 106 valence electrons. The number of halogens is 2. The summed E-state index contributed by atoms with van der Waals surface area (Å²) in [6.07, 6.45) is 3.64. The molecular formula is C17H13ClFNO. The Balaban J connectivity index is 1.83. The highest BCUT2D eigenvalue weighted by Gasteiger charge is 2.22. The molecule has 0 saturated heterocycles. The molecule has 0 fully saturated rings. The summed E-state index contributed by atoms with van der Waals surface area (Å²) in [5, 5.41) is 0.292. The Labute approximate surface area is 127 Å². The number of rotatable bonds is 2. The Morgan fingerprint density at radius 2 is 2.00 bits per heavy atom. The van der Waals surface area contributed by atoms with E-state index in [2.05, 4.69) is 0 Å². The third kappa shape index (κ3) is 2.69. The van der Waals surface area contributed by atoms with Gasteiger partial charge >= 0.3 is 0 Å². The van der Waals surface area contributed by atoms with Gasteiger partial charge in [-0.25, -0.2) is 4.39 Å². The Hall–Kier alpha value is -2.13. The number of para-hydroxylation sites is 1. The van der Waals surface area contributed by atoms with Gasteiger partial charge < -0.3 is 4.90 Å². The summed E-state index contributed by atoms with van der Waals surface area (Å²) in [6, 6.07) is 12.3. The number of benzene rings is 2. The monoisotopic (exact) mass is 301 g/mol. The average Bonchev–Trinajstić information content (AvgIpc) is 2.90. The fourth-order valence-corrected chi connectivity index (χ4v) is 2.71. The van der Waals surface area contributed by atoms with Crippen LogP contribution in [-0.2, 0) is 11.2 Å². The highest BCUT2D eigenvalue weighted by Crippen LogP contribution is 2.28. The predicted octanol–water partition coefficient (Wildman–Crippen LogP) is 4.08. The van der Waals surface area contributed by atoms with E-state index < -0.39 is 5.82 Å². The Kier molecular flexibility index (Phi) is 3.76. The molecule has 2 aromatic rings. The molecule has 0 aromatic heterocycles. The maximum atomic E-state index is 13.7. The second-order valence-corrected chi connectivity index (χ2v) is 5.24. The molecule has 1 heterocycles. The van der Waals surface area contributed by atoms with Crippen LogP contribution in [0, 0.1) is 5.82 Å². The Bertz CT molecular complexity index is 706. The molecule has 0 aliphatic carbocycles. The number of anilines is 1. The highest BCUT2D eigenvalue weighted by molar-refractivity contribution is 6.32. The zero-order valence-electron chi connectivity index (χ0n) is 11.2. The minimum atomic E-state index is -0.437. The number of nitrogens with zero attached hydrogens (tertiary/aromatic N) is 1. The van der Waals surface area contributed by atoms with Gasteiger partial charge in [0.25, 0.3) is 5.91 Å². The molecule has 0 spiro atoms. The van der Waals surface area contributed by atoms with Crippen molar-refractivity contribution in [3.05, 3.63) is 70.5 Å². The molecule has 3 rings (SSSR count). The number of fused-ring (bicyclic) bond motifs is 1. The number of amides is 1. The van der Waals surface area contributed by atoms with Crippen molar-refractivity contribution in [3.8, 4) is 0 Å². The highest BCUT2D eigenvalue weighted by atomic mass is 35.5. The second kappa shape index (κ2) is 5.70. The first-order valence-corrected chi connectivity index (χ1v) is 7.06. The first-order chi connectivity index (χ1) is 10.2. The van der Waals surface area contributed by atoms with Crippen molar-refractivity contribution in [1.82, 2.24) is 0 Å². The molecule has 0 atom stereocenters. The summed E-state index contributed by atoms with van der Waals surface area (Å²) >= 11 is 5.94. The summed E-state index contributed by atoms with van der Waals surface area (Å²) in [4.78, 5) is 14.0. The van der Waals surface area contributed by atoms with E-state index in [4.69, 9.17) is 11.6 Å². The lowest BCUT2D eigenvalue weighted by Crippen LogP contribution is -2.26. The van der Waals surface area contributed by atoms with Gasteiger partial charge in [-0.3, -0.25) is 4.79 Å². The molecule has 0 N–H and O–H groups in total. The molecular weight excluding hydrogens is 289 g/mol. The van der Waals surface area contributed by atoms with E-state index >= 15 is 0 Å². The van der Waals surface area contributed by atoms with Crippen LogP contribution in [0.5, 0.6) is 0 Å². The molecule has 1 amide bonds. The van der Waals surface area contributed by atoms with Crippen molar-refractivity contribution >= 4 is 29.3 Å². The fourth-order valence-electron chi connectivity index (χ4n) is 2.48. The van der Waals surface area contributed by atoms with Crippen LogP contribution in [0.25, 0.3) is 6.08 Å². The van der Waals surface area contributed by atoms with E-state index in [0.717, 1.165) is 17.7 Å². The van der Waals surface area contributed by atoms with Gasteiger partial charge in [-0.15, -0.1) is 0 Å². The van der Waals surface area contributed by atoms with Gasteiger partial charge in [0.2, 0.25) is 0 Å². The maximum Gasteiger partial charge on any atom is 0.251 e. The normalized spacial score (nSPS) is 13.7. The summed E-state index contributed by atoms with van der Waals surface area (Å²) in [7, 11) is 0. The fraction of sp³-hybridized carbons (Fsp3) is 0.118. The molecule has 0 bridgehead atoms. The van der Waals surface area contributed by atoms with E-state index in [1.165, 1.54) is 24.3 Å². The van der Waals surface area contributed by atoms with E-state index in [0.29, 0.717) is 11.6 Å². The van der Waals surface area contributed by atoms with Gasteiger partial charge in [-0.2, -0.15) is 0 Å². The van der Waals surface area contributed by atoms with Gasteiger partial charge in [-0.1, -0.05) is 35.9 Å². The molecule has 21 heavy (non-hydrogen) atoms. The lowest BCUT2D eigenvalue weighted by atomic mass is 10.2. The molecule has 0 radical (unpaired) electrons. The van der Waals surface area contributed by atoms with Crippen LogP contribution in [-0.4, -0.2) is 12.5 Å². The van der Waals surface area contributed by atoms with E-state index in [1.807, 2.05) is 24.3 Å². The van der Waals surface area contributed by atoms with Crippen LogP contribution >= 0.6 is 11.6 Å². The largest absolute Gasteiger partial charge is 0.308 e. The number of hydrogen-bond donors (Lipinski definition) is 0. The maximum absolute atomic E-state index is 13.7. The van der Waals surface area contributed by atoms with Crippen LogP contribution in [0.2, 0.25) is 5.02 Å². The van der Waals surface area contributed by atoms with Gasteiger partial charge in [0.15, 0.2) is 0 Å². The van der Waals surface area contributed by atoms with Gasteiger partial charge in [0, 0.05) is 23.9 Å².